The zero-order valence-corrected chi connectivity index (χ0v) is 16.9. The van der Waals surface area contributed by atoms with Crippen molar-refractivity contribution in [1.29, 1.82) is 0 Å². The quantitative estimate of drug-likeness (QED) is 0.497. The topological polar surface area (TPSA) is 114 Å². The molecule has 9 heteroatoms. The number of aryl methyl sites for hydroxylation is 2. The highest BCUT2D eigenvalue weighted by Gasteiger charge is 2.19. The Morgan fingerprint density at radius 1 is 1.31 bits per heavy atom. The Labute approximate surface area is 168 Å². The van der Waals surface area contributed by atoms with E-state index in [4.69, 9.17) is 4.74 Å². The molecule has 0 fully saturated rings. The highest BCUT2D eigenvalue weighted by molar-refractivity contribution is 5.74. The number of ether oxygens (including phenoxy) is 1. The van der Waals surface area contributed by atoms with Crippen molar-refractivity contribution in [3.8, 4) is 5.75 Å². The van der Waals surface area contributed by atoms with Gasteiger partial charge in [-0.3, -0.25) is 14.3 Å². The number of fused-ring (bicyclic) bond motifs is 1. The first-order chi connectivity index (χ1) is 13.9. The maximum Gasteiger partial charge on any atom is 0.329 e. The summed E-state index contributed by atoms with van der Waals surface area (Å²) in [4.78, 5) is 31.0. The maximum absolute atomic E-state index is 12.4. The number of aromatic nitrogens is 4. The number of rotatable bonds is 9. The minimum absolute atomic E-state index is 0.0593. The molecule has 0 radical (unpaired) electrons. The van der Waals surface area contributed by atoms with Crippen LogP contribution in [0.3, 0.4) is 0 Å². The van der Waals surface area contributed by atoms with Gasteiger partial charge < -0.3 is 19.7 Å². The first-order valence-corrected chi connectivity index (χ1v) is 9.77. The SMILES string of the molecule is CCCNc1nc2c(c(=O)[nH]c(=O)n2C)n1C[C@H](O)COc1cccc(CC)c1. The van der Waals surface area contributed by atoms with Crippen LogP contribution in [0, 0.1) is 0 Å². The van der Waals surface area contributed by atoms with Crippen LogP contribution in [-0.2, 0) is 20.0 Å². The Kier molecular flexibility index (Phi) is 6.38. The van der Waals surface area contributed by atoms with Crippen LogP contribution in [0.25, 0.3) is 11.2 Å². The van der Waals surface area contributed by atoms with Crippen molar-refractivity contribution in [2.45, 2.75) is 39.3 Å². The number of aliphatic hydroxyl groups is 1. The van der Waals surface area contributed by atoms with Crippen LogP contribution in [0.15, 0.2) is 33.9 Å². The van der Waals surface area contributed by atoms with E-state index in [0.717, 1.165) is 18.4 Å². The number of imidazole rings is 1. The van der Waals surface area contributed by atoms with E-state index in [9.17, 15) is 14.7 Å². The molecule has 0 saturated carbocycles. The van der Waals surface area contributed by atoms with Gasteiger partial charge in [-0.15, -0.1) is 0 Å². The molecule has 0 unspecified atom stereocenters. The van der Waals surface area contributed by atoms with E-state index < -0.39 is 17.4 Å². The molecule has 3 N–H and O–H groups in total. The molecule has 2 heterocycles. The molecular weight excluding hydrogens is 374 g/mol. The fourth-order valence-electron chi connectivity index (χ4n) is 3.10. The van der Waals surface area contributed by atoms with Gasteiger partial charge in [-0.25, -0.2) is 4.79 Å². The molecule has 0 spiro atoms. The molecule has 9 nitrogen and oxygen atoms in total. The van der Waals surface area contributed by atoms with Gasteiger partial charge in [-0.05, 0) is 30.5 Å². The van der Waals surface area contributed by atoms with Crippen LogP contribution in [0.4, 0.5) is 5.95 Å². The summed E-state index contributed by atoms with van der Waals surface area (Å²) in [5.74, 6) is 1.11. The average Bonchev–Trinajstić information content (AvgIpc) is 3.08. The molecule has 0 aliphatic rings. The third kappa shape index (κ3) is 4.51. The van der Waals surface area contributed by atoms with Gasteiger partial charge in [0.15, 0.2) is 11.2 Å². The van der Waals surface area contributed by atoms with E-state index in [-0.39, 0.29) is 24.3 Å². The fraction of sp³-hybridized carbons (Fsp3) is 0.450. The Bertz CT molecular complexity index is 1100. The smallest absolute Gasteiger partial charge is 0.329 e. The fourth-order valence-corrected chi connectivity index (χ4v) is 3.10. The van der Waals surface area contributed by atoms with Crippen molar-refractivity contribution < 1.29 is 9.84 Å². The maximum atomic E-state index is 12.4. The van der Waals surface area contributed by atoms with E-state index >= 15 is 0 Å². The summed E-state index contributed by atoms with van der Waals surface area (Å²) in [7, 11) is 1.54. The van der Waals surface area contributed by atoms with Crippen LogP contribution in [0.2, 0.25) is 0 Å². The highest BCUT2D eigenvalue weighted by Crippen LogP contribution is 2.17. The lowest BCUT2D eigenvalue weighted by Gasteiger charge is -2.16. The summed E-state index contributed by atoms with van der Waals surface area (Å²) < 4.78 is 8.60. The normalized spacial score (nSPS) is 12.3. The minimum atomic E-state index is -0.878. The minimum Gasteiger partial charge on any atom is -0.491 e. The third-order valence-electron chi connectivity index (χ3n) is 4.68. The van der Waals surface area contributed by atoms with Gasteiger partial charge in [-0.1, -0.05) is 26.0 Å². The number of aromatic amines is 1. The first-order valence-electron chi connectivity index (χ1n) is 9.77. The molecule has 0 bridgehead atoms. The molecule has 3 rings (SSSR count). The molecule has 0 amide bonds. The second-order valence-electron chi connectivity index (χ2n) is 6.93. The standard InChI is InChI=1S/C20H27N5O4/c1-4-9-21-19-22-17-16(18(27)23-20(28)24(17)3)25(19)11-14(26)12-29-15-8-6-7-13(5-2)10-15/h6-8,10,14,26H,4-5,9,11-12H2,1-3H3,(H,21,22)(H,23,27,28)/t14-/m0/s1. The number of H-pyrrole nitrogens is 1. The van der Waals surface area contributed by atoms with E-state index in [0.29, 0.717) is 18.2 Å². The number of nitrogens with one attached hydrogen (secondary N) is 2. The van der Waals surface area contributed by atoms with Crippen LogP contribution >= 0.6 is 0 Å². The number of benzene rings is 1. The highest BCUT2D eigenvalue weighted by atomic mass is 16.5. The molecular formula is C20H27N5O4. The Balaban J connectivity index is 1.86. The Hall–Kier alpha value is -3.07. The van der Waals surface area contributed by atoms with Crippen molar-refractivity contribution in [3.63, 3.8) is 0 Å². The van der Waals surface area contributed by atoms with Crippen LogP contribution in [0.1, 0.15) is 25.8 Å². The summed E-state index contributed by atoms with van der Waals surface area (Å²) in [6.07, 6.45) is 0.878. The van der Waals surface area contributed by atoms with Crippen LogP contribution in [-0.4, -0.2) is 43.5 Å². The number of nitrogens with zero attached hydrogens (tertiary/aromatic N) is 3. The van der Waals surface area contributed by atoms with E-state index in [1.165, 1.54) is 4.57 Å². The monoisotopic (exact) mass is 401 g/mol. The largest absolute Gasteiger partial charge is 0.491 e. The molecule has 1 aromatic carbocycles. The average molecular weight is 401 g/mol. The van der Waals surface area contributed by atoms with Crippen LogP contribution < -0.4 is 21.3 Å². The second kappa shape index (κ2) is 8.95. The van der Waals surface area contributed by atoms with Gasteiger partial charge >= 0.3 is 5.69 Å². The van der Waals surface area contributed by atoms with Gasteiger partial charge in [0.1, 0.15) is 18.5 Å². The number of anilines is 1. The van der Waals surface area contributed by atoms with Gasteiger partial charge in [-0.2, -0.15) is 4.98 Å². The van der Waals surface area contributed by atoms with Gasteiger partial charge in [0.05, 0.1) is 6.54 Å². The lowest BCUT2D eigenvalue weighted by atomic mass is 10.2. The van der Waals surface area contributed by atoms with Crippen molar-refractivity contribution in [2.75, 3.05) is 18.5 Å². The molecule has 3 aromatic rings. The molecule has 29 heavy (non-hydrogen) atoms. The van der Waals surface area contributed by atoms with Crippen molar-refractivity contribution in [1.82, 2.24) is 19.1 Å². The zero-order chi connectivity index (χ0) is 21.0. The lowest BCUT2D eigenvalue weighted by Crippen LogP contribution is -2.31. The summed E-state index contributed by atoms with van der Waals surface area (Å²) in [5.41, 5.74) is 0.577. The van der Waals surface area contributed by atoms with Gasteiger partial charge in [0, 0.05) is 13.6 Å². The molecule has 156 valence electrons. The molecule has 0 aliphatic carbocycles. The summed E-state index contributed by atoms with van der Waals surface area (Å²) in [6.45, 7) is 4.87. The third-order valence-corrected chi connectivity index (χ3v) is 4.68. The second-order valence-corrected chi connectivity index (χ2v) is 6.93. The number of hydrogen-bond acceptors (Lipinski definition) is 6. The number of aliphatic hydroxyl groups excluding tert-OH is 1. The van der Waals surface area contributed by atoms with Crippen molar-refractivity contribution in [2.24, 2.45) is 7.05 Å². The van der Waals surface area contributed by atoms with Gasteiger partial charge in [0.2, 0.25) is 5.95 Å². The summed E-state index contributed by atoms with van der Waals surface area (Å²) in [5, 5.41) is 13.7. The van der Waals surface area contributed by atoms with Crippen molar-refractivity contribution in [3.05, 3.63) is 50.7 Å². The summed E-state index contributed by atoms with van der Waals surface area (Å²) in [6, 6.07) is 7.71. The zero-order valence-electron chi connectivity index (χ0n) is 16.9. The van der Waals surface area contributed by atoms with E-state index in [2.05, 4.69) is 22.2 Å². The van der Waals surface area contributed by atoms with Gasteiger partial charge in [0.25, 0.3) is 5.56 Å². The molecule has 0 aliphatic heterocycles. The van der Waals surface area contributed by atoms with Crippen molar-refractivity contribution >= 4 is 17.1 Å². The Morgan fingerprint density at radius 3 is 2.83 bits per heavy atom. The van der Waals surface area contributed by atoms with Crippen LogP contribution in [0.5, 0.6) is 5.75 Å². The molecule has 2 aromatic heterocycles. The predicted molar refractivity (Wildman–Crippen MR) is 112 cm³/mol. The lowest BCUT2D eigenvalue weighted by molar-refractivity contribution is 0.0938. The van der Waals surface area contributed by atoms with E-state index in [1.54, 1.807) is 11.6 Å². The number of hydrogen-bond donors (Lipinski definition) is 3. The molecule has 1 atom stereocenters. The van der Waals surface area contributed by atoms with E-state index in [1.807, 2.05) is 31.2 Å². The first kappa shape index (κ1) is 20.7. The summed E-state index contributed by atoms with van der Waals surface area (Å²) >= 11 is 0. The predicted octanol–water partition coefficient (Wildman–Crippen LogP) is 1.25. The molecule has 0 saturated heterocycles. The Morgan fingerprint density at radius 2 is 2.10 bits per heavy atom.